The molecule has 0 aliphatic rings. The van der Waals surface area contributed by atoms with Crippen LogP contribution in [0.2, 0.25) is 0 Å². The highest BCUT2D eigenvalue weighted by molar-refractivity contribution is 6.09. The van der Waals surface area contributed by atoms with Crippen LogP contribution < -0.4 is 5.73 Å². The maximum absolute atomic E-state index is 11.8. The van der Waals surface area contributed by atoms with Gasteiger partial charge in [-0.15, -0.1) is 0 Å². The highest BCUT2D eigenvalue weighted by atomic mass is 16.2. The van der Waals surface area contributed by atoms with E-state index in [0.29, 0.717) is 9.80 Å². The molecule has 0 fully saturated rings. The van der Waals surface area contributed by atoms with Crippen molar-refractivity contribution in [1.29, 1.82) is 0 Å². The van der Waals surface area contributed by atoms with Crippen LogP contribution >= 0.6 is 0 Å². The Hall–Kier alpha value is -3.29. The van der Waals surface area contributed by atoms with Gasteiger partial charge >= 0.3 is 0 Å². The van der Waals surface area contributed by atoms with Crippen molar-refractivity contribution < 1.29 is 24.0 Å². The predicted molar refractivity (Wildman–Crippen MR) is 82.3 cm³/mol. The molecule has 0 radical (unpaired) electrons. The number of carbonyl (C=O) groups excluding carboxylic acids is 5. The molecule has 122 valence electrons. The van der Waals surface area contributed by atoms with Gasteiger partial charge in [0.05, 0.1) is 6.54 Å². The lowest BCUT2D eigenvalue weighted by Crippen LogP contribution is -2.56. The first-order valence-corrected chi connectivity index (χ1v) is 6.26. The molecule has 0 bridgehead atoms. The lowest BCUT2D eigenvalue weighted by atomic mass is 10.2. The fourth-order valence-corrected chi connectivity index (χ4v) is 1.59. The lowest BCUT2D eigenvalue weighted by molar-refractivity contribution is -0.150. The van der Waals surface area contributed by atoms with E-state index in [4.69, 9.17) is 5.73 Å². The van der Waals surface area contributed by atoms with Crippen molar-refractivity contribution in [3.8, 4) is 0 Å². The summed E-state index contributed by atoms with van der Waals surface area (Å²) in [4.78, 5) is 59.8. The van der Waals surface area contributed by atoms with E-state index in [2.05, 4.69) is 26.3 Å². The molecule has 0 aliphatic heterocycles. The molecule has 0 rings (SSSR count). The molecule has 2 N–H and O–H groups in total. The first-order valence-electron chi connectivity index (χ1n) is 6.26. The van der Waals surface area contributed by atoms with Crippen LogP contribution in [0.15, 0.2) is 50.6 Å². The van der Waals surface area contributed by atoms with Crippen molar-refractivity contribution >= 4 is 29.5 Å². The number of primary amides is 1. The number of amides is 5. The molecule has 8 nitrogen and oxygen atoms in total. The van der Waals surface area contributed by atoms with Gasteiger partial charge < -0.3 is 5.73 Å². The molecular formula is C15H17N3O5. The summed E-state index contributed by atoms with van der Waals surface area (Å²) >= 11 is 0. The van der Waals surface area contributed by atoms with Crippen molar-refractivity contribution in [2.45, 2.75) is 6.04 Å². The van der Waals surface area contributed by atoms with Gasteiger partial charge in [-0.3, -0.25) is 33.8 Å². The van der Waals surface area contributed by atoms with Crippen LogP contribution in [-0.2, 0) is 24.0 Å². The first kappa shape index (κ1) is 19.7. The van der Waals surface area contributed by atoms with Gasteiger partial charge in [-0.05, 0) is 24.3 Å². The van der Waals surface area contributed by atoms with Crippen molar-refractivity contribution in [3.63, 3.8) is 0 Å². The molecular weight excluding hydrogens is 302 g/mol. The number of hydrogen-bond donors (Lipinski definition) is 1. The van der Waals surface area contributed by atoms with E-state index in [1.54, 1.807) is 0 Å². The van der Waals surface area contributed by atoms with E-state index < -0.39 is 42.1 Å². The third-order valence-electron chi connectivity index (χ3n) is 2.70. The molecule has 1 unspecified atom stereocenters. The van der Waals surface area contributed by atoms with E-state index in [9.17, 15) is 24.0 Å². The third-order valence-corrected chi connectivity index (χ3v) is 2.70. The fourth-order valence-electron chi connectivity index (χ4n) is 1.59. The SMILES string of the molecule is C=CC(=O)N(CC(C(N)=O)N(C(=O)C=C)C(=O)C=C)C(=O)C=C. The van der Waals surface area contributed by atoms with Gasteiger partial charge in [-0.2, -0.15) is 0 Å². The first-order chi connectivity index (χ1) is 10.7. The monoisotopic (exact) mass is 319 g/mol. The Morgan fingerprint density at radius 3 is 1.39 bits per heavy atom. The molecule has 5 amide bonds. The van der Waals surface area contributed by atoms with Crippen molar-refractivity contribution in [3.05, 3.63) is 50.6 Å². The summed E-state index contributed by atoms with van der Waals surface area (Å²) in [6.07, 6.45) is 3.22. The van der Waals surface area contributed by atoms with Crippen LogP contribution in [0.1, 0.15) is 0 Å². The summed E-state index contributed by atoms with van der Waals surface area (Å²) in [5.41, 5.74) is 5.20. The molecule has 0 saturated carbocycles. The Morgan fingerprint density at radius 2 is 1.13 bits per heavy atom. The van der Waals surface area contributed by atoms with E-state index in [0.717, 1.165) is 24.3 Å². The number of hydrogen-bond acceptors (Lipinski definition) is 5. The second-order valence-corrected chi connectivity index (χ2v) is 4.07. The number of carbonyl (C=O) groups is 5. The molecule has 0 saturated heterocycles. The Bertz CT molecular complexity index is 554. The summed E-state index contributed by atoms with van der Waals surface area (Å²) < 4.78 is 0. The van der Waals surface area contributed by atoms with Gasteiger partial charge in [-0.25, -0.2) is 0 Å². The largest absolute Gasteiger partial charge is 0.368 e. The Morgan fingerprint density at radius 1 is 0.783 bits per heavy atom. The molecule has 0 spiro atoms. The molecule has 1 atom stereocenters. The third kappa shape index (κ3) is 4.88. The van der Waals surface area contributed by atoms with E-state index in [1.807, 2.05) is 0 Å². The molecule has 0 aromatic carbocycles. The highest BCUT2D eigenvalue weighted by Crippen LogP contribution is 2.07. The van der Waals surface area contributed by atoms with Crippen LogP contribution in [0.5, 0.6) is 0 Å². The smallest absolute Gasteiger partial charge is 0.253 e. The second kappa shape index (κ2) is 8.88. The van der Waals surface area contributed by atoms with Gasteiger partial charge in [0.25, 0.3) is 23.6 Å². The van der Waals surface area contributed by atoms with Gasteiger partial charge in [0.15, 0.2) is 0 Å². The normalized spacial score (nSPS) is 10.6. The second-order valence-electron chi connectivity index (χ2n) is 4.07. The lowest BCUT2D eigenvalue weighted by Gasteiger charge is -2.29. The van der Waals surface area contributed by atoms with Gasteiger partial charge in [0.2, 0.25) is 5.91 Å². The number of nitrogens with zero attached hydrogens (tertiary/aromatic N) is 2. The van der Waals surface area contributed by atoms with Gasteiger partial charge in [-0.1, -0.05) is 26.3 Å². The summed E-state index contributed by atoms with van der Waals surface area (Å²) in [5.74, 6) is -4.67. The highest BCUT2D eigenvalue weighted by Gasteiger charge is 2.34. The van der Waals surface area contributed by atoms with E-state index in [1.165, 1.54) is 0 Å². The Balaban J connectivity index is 5.87. The zero-order valence-corrected chi connectivity index (χ0v) is 12.4. The van der Waals surface area contributed by atoms with Crippen LogP contribution in [0.4, 0.5) is 0 Å². The van der Waals surface area contributed by atoms with Crippen molar-refractivity contribution in [2.75, 3.05) is 6.54 Å². The number of imide groups is 2. The zero-order chi connectivity index (χ0) is 18.2. The summed E-state index contributed by atoms with van der Waals surface area (Å²) in [6.45, 7) is 12.2. The molecule has 0 aliphatic carbocycles. The average Bonchev–Trinajstić information content (AvgIpc) is 2.55. The molecule has 23 heavy (non-hydrogen) atoms. The van der Waals surface area contributed by atoms with Crippen molar-refractivity contribution in [1.82, 2.24) is 9.80 Å². The van der Waals surface area contributed by atoms with Crippen LogP contribution in [0.3, 0.4) is 0 Å². The fraction of sp³-hybridized carbons (Fsp3) is 0.133. The summed E-state index contributed by atoms with van der Waals surface area (Å²) in [7, 11) is 0. The van der Waals surface area contributed by atoms with E-state index >= 15 is 0 Å². The standard InChI is InChI=1S/C15H17N3O5/c1-5-11(19)17(12(20)6-2)9-10(15(16)23)18(13(21)7-3)14(22)8-4/h5-8,10H,1-4,9H2,(H2,16,23). The molecule has 0 heterocycles. The Labute approximate surface area is 133 Å². The molecule has 0 aromatic rings. The summed E-state index contributed by atoms with van der Waals surface area (Å²) in [6, 6.07) is -1.60. The van der Waals surface area contributed by atoms with Crippen LogP contribution in [-0.4, -0.2) is 51.9 Å². The molecule has 0 aromatic heterocycles. The minimum Gasteiger partial charge on any atom is -0.368 e. The maximum Gasteiger partial charge on any atom is 0.253 e. The van der Waals surface area contributed by atoms with Gasteiger partial charge in [0, 0.05) is 0 Å². The van der Waals surface area contributed by atoms with Crippen LogP contribution in [0, 0.1) is 0 Å². The quantitative estimate of drug-likeness (QED) is 0.593. The Kier molecular flexibility index (Phi) is 7.61. The number of rotatable bonds is 8. The van der Waals surface area contributed by atoms with Crippen molar-refractivity contribution in [2.24, 2.45) is 5.73 Å². The summed E-state index contributed by atoms with van der Waals surface area (Å²) in [5, 5.41) is 0. The average molecular weight is 319 g/mol. The van der Waals surface area contributed by atoms with E-state index in [-0.39, 0.29) is 0 Å². The maximum atomic E-state index is 11.8. The minimum atomic E-state index is -1.60. The molecule has 8 heteroatoms. The van der Waals surface area contributed by atoms with Gasteiger partial charge in [0.1, 0.15) is 6.04 Å². The zero-order valence-electron chi connectivity index (χ0n) is 12.4. The predicted octanol–water partition coefficient (Wildman–Crippen LogP) is -0.705. The van der Waals surface area contributed by atoms with Crippen LogP contribution in [0.25, 0.3) is 0 Å². The topological polar surface area (TPSA) is 118 Å². The number of nitrogens with two attached hydrogens (primary N) is 1. The minimum absolute atomic E-state index is 0.460.